The van der Waals surface area contributed by atoms with Gasteiger partial charge in [0.05, 0.1) is 6.61 Å². The van der Waals surface area contributed by atoms with Gasteiger partial charge in [-0.15, -0.1) is 0 Å². The first-order valence-electron chi connectivity index (χ1n) is 5.66. The molecule has 0 saturated heterocycles. The molecule has 0 atom stereocenters. The molecule has 0 radical (unpaired) electrons. The SMILES string of the molecule is COCCN(C)C(=O)C(=O)C=Cc1ccccc1. The van der Waals surface area contributed by atoms with E-state index in [1.807, 2.05) is 30.3 Å². The molecule has 0 aliphatic heterocycles. The fourth-order valence-corrected chi connectivity index (χ4v) is 1.33. The summed E-state index contributed by atoms with van der Waals surface area (Å²) in [6.45, 7) is 0.818. The highest BCUT2D eigenvalue weighted by atomic mass is 16.5. The van der Waals surface area contributed by atoms with E-state index in [9.17, 15) is 9.59 Å². The maximum absolute atomic E-state index is 11.6. The first-order chi connectivity index (χ1) is 8.65. The molecule has 1 aromatic carbocycles. The van der Waals surface area contributed by atoms with Crippen molar-refractivity contribution >= 4 is 17.8 Å². The van der Waals surface area contributed by atoms with Crippen molar-refractivity contribution in [2.24, 2.45) is 0 Å². The highest BCUT2D eigenvalue weighted by Gasteiger charge is 2.15. The number of carbonyl (C=O) groups is 2. The molecule has 4 nitrogen and oxygen atoms in total. The summed E-state index contributed by atoms with van der Waals surface area (Å²) in [4.78, 5) is 24.6. The maximum atomic E-state index is 11.6. The molecule has 0 bridgehead atoms. The quantitative estimate of drug-likeness (QED) is 0.563. The Bertz CT molecular complexity index is 426. The largest absolute Gasteiger partial charge is 0.383 e. The number of hydrogen-bond acceptors (Lipinski definition) is 3. The van der Waals surface area contributed by atoms with Gasteiger partial charge in [0, 0.05) is 20.7 Å². The van der Waals surface area contributed by atoms with Gasteiger partial charge >= 0.3 is 0 Å². The summed E-state index contributed by atoms with van der Waals surface area (Å²) in [5.41, 5.74) is 0.887. The molecule has 0 unspecified atom stereocenters. The Kier molecular flexibility index (Phi) is 5.80. The summed E-state index contributed by atoms with van der Waals surface area (Å²) in [7, 11) is 3.13. The number of hydrogen-bond donors (Lipinski definition) is 0. The Balaban J connectivity index is 2.55. The van der Waals surface area contributed by atoms with Gasteiger partial charge in [0.2, 0.25) is 5.78 Å². The van der Waals surface area contributed by atoms with Gasteiger partial charge in [-0.05, 0) is 11.6 Å². The lowest BCUT2D eigenvalue weighted by atomic mass is 10.2. The number of amides is 1. The van der Waals surface area contributed by atoms with Gasteiger partial charge in [-0.3, -0.25) is 9.59 Å². The molecule has 1 aromatic rings. The molecule has 0 N–H and O–H groups in total. The lowest BCUT2D eigenvalue weighted by molar-refractivity contribution is -0.141. The maximum Gasteiger partial charge on any atom is 0.294 e. The molecule has 18 heavy (non-hydrogen) atoms. The molecule has 0 saturated carbocycles. The van der Waals surface area contributed by atoms with E-state index in [1.165, 1.54) is 11.0 Å². The molecule has 0 fully saturated rings. The molecule has 0 aliphatic carbocycles. The van der Waals surface area contributed by atoms with Crippen LogP contribution in [0.5, 0.6) is 0 Å². The Morgan fingerprint density at radius 2 is 1.94 bits per heavy atom. The third-order valence-electron chi connectivity index (χ3n) is 2.42. The highest BCUT2D eigenvalue weighted by molar-refractivity contribution is 6.41. The molecule has 96 valence electrons. The number of ether oxygens (including phenoxy) is 1. The van der Waals surface area contributed by atoms with Crippen molar-refractivity contribution in [1.82, 2.24) is 4.90 Å². The highest BCUT2D eigenvalue weighted by Crippen LogP contribution is 2.01. The number of ketones is 1. The normalized spacial score (nSPS) is 10.6. The molecule has 4 heteroatoms. The van der Waals surface area contributed by atoms with Gasteiger partial charge in [-0.2, -0.15) is 0 Å². The van der Waals surface area contributed by atoms with E-state index in [2.05, 4.69) is 0 Å². The molecule has 0 aliphatic rings. The van der Waals surface area contributed by atoms with E-state index in [4.69, 9.17) is 4.74 Å². The summed E-state index contributed by atoms with van der Waals surface area (Å²) in [6, 6.07) is 9.36. The number of carbonyl (C=O) groups excluding carboxylic acids is 2. The third kappa shape index (κ3) is 4.51. The van der Waals surface area contributed by atoms with Gasteiger partial charge < -0.3 is 9.64 Å². The summed E-state index contributed by atoms with van der Waals surface area (Å²) in [5.74, 6) is -1.06. The average Bonchev–Trinajstić information content (AvgIpc) is 2.42. The molecule has 0 aromatic heterocycles. The van der Waals surface area contributed by atoms with E-state index >= 15 is 0 Å². The number of nitrogens with zero attached hydrogens (tertiary/aromatic N) is 1. The molecule has 0 spiro atoms. The van der Waals surface area contributed by atoms with Crippen molar-refractivity contribution in [2.75, 3.05) is 27.3 Å². The lowest BCUT2D eigenvalue weighted by Crippen LogP contribution is -2.34. The number of rotatable bonds is 6. The van der Waals surface area contributed by atoms with Crippen LogP contribution in [-0.2, 0) is 14.3 Å². The van der Waals surface area contributed by atoms with Crippen molar-refractivity contribution in [2.45, 2.75) is 0 Å². The monoisotopic (exact) mass is 247 g/mol. The minimum Gasteiger partial charge on any atom is -0.383 e. The zero-order valence-corrected chi connectivity index (χ0v) is 10.6. The van der Waals surface area contributed by atoms with Crippen LogP contribution in [0.25, 0.3) is 6.08 Å². The van der Waals surface area contributed by atoms with E-state index in [0.717, 1.165) is 5.56 Å². The second-order valence-corrected chi connectivity index (χ2v) is 3.83. The zero-order valence-electron chi connectivity index (χ0n) is 10.6. The van der Waals surface area contributed by atoms with Crippen molar-refractivity contribution in [3.8, 4) is 0 Å². The van der Waals surface area contributed by atoms with Crippen LogP contribution in [0.15, 0.2) is 36.4 Å². The molecular weight excluding hydrogens is 230 g/mol. The fraction of sp³-hybridized carbons (Fsp3) is 0.286. The summed E-state index contributed by atoms with van der Waals surface area (Å²) >= 11 is 0. The van der Waals surface area contributed by atoms with Crippen LogP contribution in [0.3, 0.4) is 0 Å². The molecule has 1 rings (SSSR count). The summed E-state index contributed by atoms with van der Waals surface area (Å²) < 4.78 is 4.85. The second-order valence-electron chi connectivity index (χ2n) is 3.83. The first-order valence-corrected chi connectivity index (χ1v) is 5.66. The minimum atomic E-state index is -0.530. The summed E-state index contributed by atoms with van der Waals surface area (Å²) in [6.07, 6.45) is 2.92. The van der Waals surface area contributed by atoms with Gasteiger partial charge in [-0.25, -0.2) is 0 Å². The van der Waals surface area contributed by atoms with Crippen LogP contribution < -0.4 is 0 Å². The topological polar surface area (TPSA) is 46.6 Å². The van der Waals surface area contributed by atoms with Gasteiger partial charge in [0.15, 0.2) is 0 Å². The Labute approximate surface area is 107 Å². The Morgan fingerprint density at radius 3 is 2.56 bits per heavy atom. The molecule has 0 heterocycles. The predicted octanol–water partition coefficient (Wildman–Crippen LogP) is 1.37. The average molecular weight is 247 g/mol. The minimum absolute atomic E-state index is 0.403. The van der Waals surface area contributed by atoms with Crippen LogP contribution in [-0.4, -0.2) is 43.9 Å². The van der Waals surface area contributed by atoms with Crippen molar-refractivity contribution in [3.05, 3.63) is 42.0 Å². The van der Waals surface area contributed by atoms with Crippen LogP contribution >= 0.6 is 0 Å². The third-order valence-corrected chi connectivity index (χ3v) is 2.42. The van der Waals surface area contributed by atoms with E-state index in [-0.39, 0.29) is 0 Å². The van der Waals surface area contributed by atoms with Crippen molar-refractivity contribution in [3.63, 3.8) is 0 Å². The number of benzene rings is 1. The Morgan fingerprint density at radius 1 is 1.28 bits per heavy atom. The Hall–Kier alpha value is -1.94. The van der Waals surface area contributed by atoms with Crippen LogP contribution in [0.1, 0.15) is 5.56 Å². The van der Waals surface area contributed by atoms with Crippen LogP contribution in [0.2, 0.25) is 0 Å². The number of likely N-dealkylation sites (N-methyl/N-ethyl adjacent to an activating group) is 1. The predicted molar refractivity (Wildman–Crippen MR) is 70.0 cm³/mol. The first kappa shape index (κ1) is 14.1. The van der Waals surface area contributed by atoms with E-state index < -0.39 is 11.7 Å². The van der Waals surface area contributed by atoms with Gasteiger partial charge in [-0.1, -0.05) is 36.4 Å². The van der Waals surface area contributed by atoms with Crippen molar-refractivity contribution < 1.29 is 14.3 Å². The van der Waals surface area contributed by atoms with Crippen LogP contribution in [0, 0.1) is 0 Å². The van der Waals surface area contributed by atoms with Crippen LogP contribution in [0.4, 0.5) is 0 Å². The van der Waals surface area contributed by atoms with Gasteiger partial charge in [0.25, 0.3) is 5.91 Å². The van der Waals surface area contributed by atoms with E-state index in [0.29, 0.717) is 13.2 Å². The van der Waals surface area contributed by atoms with E-state index in [1.54, 1.807) is 20.2 Å². The number of methoxy groups -OCH3 is 1. The molecular formula is C14H17NO3. The van der Waals surface area contributed by atoms with Crippen molar-refractivity contribution in [1.29, 1.82) is 0 Å². The smallest absolute Gasteiger partial charge is 0.294 e. The zero-order chi connectivity index (χ0) is 13.4. The summed E-state index contributed by atoms with van der Waals surface area (Å²) in [5, 5.41) is 0. The molecule has 1 amide bonds. The lowest BCUT2D eigenvalue weighted by Gasteiger charge is -2.14. The fourth-order valence-electron chi connectivity index (χ4n) is 1.33. The standard InChI is InChI=1S/C14H17NO3/c1-15(10-11-18-2)14(17)13(16)9-8-12-6-4-3-5-7-12/h3-9H,10-11H2,1-2H3. The second kappa shape index (κ2) is 7.40. The van der Waals surface area contributed by atoms with Gasteiger partial charge in [0.1, 0.15) is 0 Å².